The zero-order chi connectivity index (χ0) is 13.2. The standard InChI is InChI=1S/C14H15N3O2/c1-10-2-5-14(13(7-18)16-10)19-8-12-6-15-9-17(12)11-3-4-11/h2,5-7,9,11H,3-4,8H2,1H3. The molecule has 0 amide bonds. The average Bonchev–Trinajstić information content (AvgIpc) is 3.16. The fourth-order valence-corrected chi connectivity index (χ4v) is 2.05. The van der Waals surface area contributed by atoms with Crippen LogP contribution >= 0.6 is 0 Å². The number of nitrogens with zero attached hydrogens (tertiary/aromatic N) is 3. The van der Waals surface area contributed by atoms with Crippen LogP contribution in [-0.2, 0) is 6.61 Å². The summed E-state index contributed by atoms with van der Waals surface area (Å²) >= 11 is 0. The van der Waals surface area contributed by atoms with Crippen LogP contribution < -0.4 is 4.74 Å². The van der Waals surface area contributed by atoms with E-state index in [1.807, 2.05) is 19.3 Å². The number of pyridine rings is 1. The summed E-state index contributed by atoms with van der Waals surface area (Å²) in [7, 11) is 0. The number of rotatable bonds is 5. The van der Waals surface area contributed by atoms with Gasteiger partial charge < -0.3 is 9.30 Å². The Morgan fingerprint density at radius 1 is 1.47 bits per heavy atom. The molecule has 3 rings (SSSR count). The van der Waals surface area contributed by atoms with Gasteiger partial charge in [0.05, 0.1) is 18.2 Å². The van der Waals surface area contributed by atoms with Gasteiger partial charge in [0, 0.05) is 11.7 Å². The zero-order valence-electron chi connectivity index (χ0n) is 10.7. The van der Waals surface area contributed by atoms with E-state index in [-0.39, 0.29) is 0 Å². The molecule has 1 fully saturated rings. The Labute approximate surface area is 111 Å². The van der Waals surface area contributed by atoms with Gasteiger partial charge in [0.15, 0.2) is 6.29 Å². The van der Waals surface area contributed by atoms with Crippen molar-refractivity contribution in [2.75, 3.05) is 0 Å². The quantitative estimate of drug-likeness (QED) is 0.771. The number of aromatic nitrogens is 3. The number of hydrogen-bond donors (Lipinski definition) is 0. The minimum atomic E-state index is 0.345. The Morgan fingerprint density at radius 3 is 3.05 bits per heavy atom. The van der Waals surface area contributed by atoms with Gasteiger partial charge in [-0.1, -0.05) is 0 Å². The third-order valence-electron chi connectivity index (χ3n) is 3.20. The second-order valence-electron chi connectivity index (χ2n) is 4.77. The number of aldehydes is 1. The highest BCUT2D eigenvalue weighted by Crippen LogP contribution is 2.35. The molecule has 0 spiro atoms. The maximum absolute atomic E-state index is 11.0. The SMILES string of the molecule is Cc1ccc(OCc2cncn2C2CC2)c(C=O)n1. The van der Waals surface area contributed by atoms with Crippen molar-refractivity contribution in [1.82, 2.24) is 14.5 Å². The lowest BCUT2D eigenvalue weighted by atomic mass is 10.3. The van der Waals surface area contributed by atoms with Crippen molar-refractivity contribution < 1.29 is 9.53 Å². The Morgan fingerprint density at radius 2 is 2.32 bits per heavy atom. The van der Waals surface area contributed by atoms with Crippen molar-refractivity contribution in [1.29, 1.82) is 0 Å². The van der Waals surface area contributed by atoms with Gasteiger partial charge in [-0.2, -0.15) is 0 Å². The van der Waals surface area contributed by atoms with Crippen molar-refractivity contribution in [2.24, 2.45) is 0 Å². The molecular formula is C14H15N3O2. The third-order valence-corrected chi connectivity index (χ3v) is 3.20. The molecule has 98 valence electrons. The molecule has 2 heterocycles. The molecule has 0 aliphatic heterocycles. The lowest BCUT2D eigenvalue weighted by Crippen LogP contribution is -2.05. The molecule has 5 heteroatoms. The highest BCUT2D eigenvalue weighted by atomic mass is 16.5. The van der Waals surface area contributed by atoms with E-state index in [9.17, 15) is 4.79 Å². The highest BCUT2D eigenvalue weighted by Gasteiger charge is 2.25. The molecule has 0 aromatic carbocycles. The second-order valence-corrected chi connectivity index (χ2v) is 4.77. The molecule has 0 bridgehead atoms. The zero-order valence-corrected chi connectivity index (χ0v) is 10.7. The first-order valence-electron chi connectivity index (χ1n) is 6.34. The van der Waals surface area contributed by atoms with Crippen molar-refractivity contribution in [3.05, 3.63) is 41.7 Å². The van der Waals surface area contributed by atoms with Crippen molar-refractivity contribution in [3.63, 3.8) is 0 Å². The molecule has 1 aliphatic carbocycles. The first-order valence-corrected chi connectivity index (χ1v) is 6.34. The number of carbonyl (C=O) groups excluding carboxylic acids is 1. The van der Waals surface area contributed by atoms with Gasteiger partial charge in [-0.05, 0) is 31.9 Å². The summed E-state index contributed by atoms with van der Waals surface area (Å²) in [5, 5.41) is 0. The first kappa shape index (κ1) is 11.9. The molecule has 5 nitrogen and oxygen atoms in total. The Balaban J connectivity index is 1.75. The fourth-order valence-electron chi connectivity index (χ4n) is 2.05. The summed E-state index contributed by atoms with van der Waals surface area (Å²) < 4.78 is 7.83. The maximum Gasteiger partial charge on any atom is 0.172 e. The maximum atomic E-state index is 11.0. The molecule has 0 atom stereocenters. The summed E-state index contributed by atoms with van der Waals surface area (Å²) in [6, 6.07) is 4.19. The third kappa shape index (κ3) is 2.50. The van der Waals surface area contributed by atoms with Crippen LogP contribution in [0.2, 0.25) is 0 Å². The molecule has 1 aliphatic rings. The van der Waals surface area contributed by atoms with Crippen molar-refractivity contribution >= 4 is 6.29 Å². The van der Waals surface area contributed by atoms with E-state index >= 15 is 0 Å². The van der Waals surface area contributed by atoms with Gasteiger partial charge >= 0.3 is 0 Å². The van der Waals surface area contributed by atoms with Gasteiger partial charge in [-0.3, -0.25) is 4.79 Å². The largest absolute Gasteiger partial charge is 0.485 e. The van der Waals surface area contributed by atoms with E-state index in [2.05, 4.69) is 14.5 Å². The number of carbonyl (C=O) groups is 1. The molecule has 19 heavy (non-hydrogen) atoms. The Bertz CT molecular complexity index is 602. The van der Waals surface area contributed by atoms with Gasteiger partial charge in [0.25, 0.3) is 0 Å². The van der Waals surface area contributed by atoms with E-state index in [1.165, 1.54) is 12.8 Å². The van der Waals surface area contributed by atoms with Crippen molar-refractivity contribution in [3.8, 4) is 5.75 Å². The van der Waals surface area contributed by atoms with Crippen LogP contribution in [0.15, 0.2) is 24.7 Å². The summed E-state index contributed by atoms with van der Waals surface area (Å²) in [5.41, 5.74) is 2.18. The number of ether oxygens (including phenoxy) is 1. The Kier molecular flexibility index (Phi) is 3.03. The highest BCUT2D eigenvalue weighted by molar-refractivity contribution is 5.76. The van der Waals surface area contributed by atoms with Crippen LogP contribution in [0.3, 0.4) is 0 Å². The van der Waals surface area contributed by atoms with Crippen LogP contribution in [-0.4, -0.2) is 20.8 Å². The predicted octanol–water partition coefficient (Wildman–Crippen LogP) is 2.31. The molecule has 0 radical (unpaired) electrons. The van der Waals surface area contributed by atoms with Crippen LogP contribution in [0.25, 0.3) is 0 Å². The fraction of sp³-hybridized carbons (Fsp3) is 0.357. The monoisotopic (exact) mass is 257 g/mol. The first-order chi connectivity index (χ1) is 9.28. The number of imidazole rings is 1. The minimum Gasteiger partial charge on any atom is -0.485 e. The minimum absolute atomic E-state index is 0.345. The summed E-state index contributed by atoms with van der Waals surface area (Å²) in [4.78, 5) is 19.3. The van der Waals surface area contributed by atoms with Gasteiger partial charge in [0.2, 0.25) is 0 Å². The van der Waals surface area contributed by atoms with Crippen molar-refractivity contribution in [2.45, 2.75) is 32.4 Å². The normalized spacial score (nSPS) is 14.4. The van der Waals surface area contributed by atoms with E-state index in [0.717, 1.165) is 17.7 Å². The molecular weight excluding hydrogens is 242 g/mol. The molecule has 2 aromatic heterocycles. The Hall–Kier alpha value is -2.17. The molecule has 0 unspecified atom stereocenters. The van der Waals surface area contributed by atoms with E-state index in [0.29, 0.717) is 24.1 Å². The summed E-state index contributed by atoms with van der Waals surface area (Å²) in [6.45, 7) is 2.25. The summed E-state index contributed by atoms with van der Waals surface area (Å²) in [6.07, 6.45) is 6.77. The average molecular weight is 257 g/mol. The van der Waals surface area contributed by atoms with Gasteiger partial charge in [-0.15, -0.1) is 0 Å². The van der Waals surface area contributed by atoms with Crippen LogP contribution in [0.4, 0.5) is 0 Å². The molecule has 2 aromatic rings. The molecule has 0 N–H and O–H groups in total. The van der Waals surface area contributed by atoms with Crippen LogP contribution in [0, 0.1) is 6.92 Å². The van der Waals surface area contributed by atoms with Crippen LogP contribution in [0.1, 0.15) is 40.8 Å². The number of aryl methyl sites for hydroxylation is 1. The summed E-state index contributed by atoms with van der Waals surface area (Å²) in [5.74, 6) is 0.518. The molecule has 1 saturated carbocycles. The second kappa shape index (κ2) is 4.84. The molecule has 0 saturated heterocycles. The number of hydrogen-bond acceptors (Lipinski definition) is 4. The smallest absolute Gasteiger partial charge is 0.172 e. The van der Waals surface area contributed by atoms with Gasteiger partial charge in [0.1, 0.15) is 18.1 Å². The topological polar surface area (TPSA) is 57.0 Å². The predicted molar refractivity (Wildman–Crippen MR) is 69.2 cm³/mol. The van der Waals surface area contributed by atoms with Gasteiger partial charge in [-0.25, -0.2) is 9.97 Å². The lowest BCUT2D eigenvalue weighted by molar-refractivity contribution is 0.111. The van der Waals surface area contributed by atoms with E-state index < -0.39 is 0 Å². The van der Waals surface area contributed by atoms with E-state index in [1.54, 1.807) is 12.3 Å². The van der Waals surface area contributed by atoms with Crippen LogP contribution in [0.5, 0.6) is 5.75 Å². The lowest BCUT2D eigenvalue weighted by Gasteiger charge is -2.10. The van der Waals surface area contributed by atoms with E-state index in [4.69, 9.17) is 4.74 Å².